The second-order valence-corrected chi connectivity index (χ2v) is 7.49. The number of imidazole rings is 1. The fourth-order valence-electron chi connectivity index (χ4n) is 3.71. The largest absolute Gasteiger partial charge is 0.324 e. The number of fused-ring (bicyclic) bond motifs is 3. The molecule has 1 amide bonds. The molecule has 0 saturated carbocycles. The molecule has 0 saturated heterocycles. The van der Waals surface area contributed by atoms with E-state index in [1.54, 1.807) is 18.3 Å². The molecule has 6 rings (SSSR count). The van der Waals surface area contributed by atoms with Gasteiger partial charge in [-0.1, -0.05) is 24.3 Å². The minimum atomic E-state index is -0.199. The van der Waals surface area contributed by atoms with Gasteiger partial charge in [0.15, 0.2) is 0 Å². The fraction of sp³-hybridized carbons (Fsp3) is 0. The molecule has 0 unspecified atom stereocenters. The lowest BCUT2D eigenvalue weighted by molar-refractivity contribution is 0.102. The smallest absolute Gasteiger partial charge is 0.255 e. The SMILES string of the molecule is O=C(Nc1ccc2[nH]ncc2c1)c1ccc2nc(Nc3cc4ccccc4cn3)[nH]c2c1. The first-order valence-electron chi connectivity index (χ1n) is 10.1. The summed E-state index contributed by atoms with van der Waals surface area (Å²) in [5.74, 6) is 1.05. The Morgan fingerprint density at radius 1 is 0.844 bits per heavy atom. The van der Waals surface area contributed by atoms with E-state index >= 15 is 0 Å². The van der Waals surface area contributed by atoms with Gasteiger partial charge in [-0.25, -0.2) is 9.97 Å². The van der Waals surface area contributed by atoms with Crippen LogP contribution in [0.2, 0.25) is 0 Å². The van der Waals surface area contributed by atoms with Crippen LogP contribution in [-0.4, -0.2) is 31.1 Å². The lowest BCUT2D eigenvalue weighted by Gasteiger charge is -2.05. The number of H-pyrrole nitrogens is 2. The highest BCUT2D eigenvalue weighted by Gasteiger charge is 2.11. The minimum Gasteiger partial charge on any atom is -0.324 e. The molecule has 0 radical (unpaired) electrons. The molecule has 8 heteroatoms. The summed E-state index contributed by atoms with van der Waals surface area (Å²) >= 11 is 0. The number of carbonyl (C=O) groups excluding carboxylic acids is 1. The Morgan fingerprint density at radius 2 is 1.75 bits per heavy atom. The fourth-order valence-corrected chi connectivity index (χ4v) is 3.71. The molecule has 6 aromatic rings. The lowest BCUT2D eigenvalue weighted by Crippen LogP contribution is -2.11. The molecule has 3 heterocycles. The number of hydrogen-bond acceptors (Lipinski definition) is 5. The van der Waals surface area contributed by atoms with Crippen LogP contribution in [0.1, 0.15) is 10.4 Å². The second-order valence-electron chi connectivity index (χ2n) is 7.49. The van der Waals surface area contributed by atoms with Gasteiger partial charge in [-0.2, -0.15) is 5.10 Å². The van der Waals surface area contributed by atoms with Crippen LogP contribution >= 0.6 is 0 Å². The van der Waals surface area contributed by atoms with Crippen molar-refractivity contribution in [3.8, 4) is 0 Å². The first kappa shape index (κ1) is 18.1. The third-order valence-corrected chi connectivity index (χ3v) is 5.32. The highest BCUT2D eigenvalue weighted by Crippen LogP contribution is 2.22. The second kappa shape index (κ2) is 7.21. The molecule has 3 aromatic carbocycles. The van der Waals surface area contributed by atoms with Crippen molar-refractivity contribution in [2.45, 2.75) is 0 Å². The van der Waals surface area contributed by atoms with E-state index < -0.39 is 0 Å². The van der Waals surface area contributed by atoms with Gasteiger partial charge in [0.1, 0.15) is 5.82 Å². The van der Waals surface area contributed by atoms with Crippen molar-refractivity contribution in [3.05, 3.63) is 84.7 Å². The molecule has 154 valence electrons. The molecule has 0 fully saturated rings. The van der Waals surface area contributed by atoms with Gasteiger partial charge in [0.2, 0.25) is 5.95 Å². The third kappa shape index (κ3) is 3.29. The van der Waals surface area contributed by atoms with E-state index in [0.717, 1.165) is 32.7 Å². The van der Waals surface area contributed by atoms with Crippen LogP contribution in [0.25, 0.3) is 32.7 Å². The van der Waals surface area contributed by atoms with Crippen molar-refractivity contribution in [1.82, 2.24) is 25.1 Å². The van der Waals surface area contributed by atoms with Gasteiger partial charge in [-0.15, -0.1) is 0 Å². The van der Waals surface area contributed by atoms with Crippen molar-refractivity contribution in [1.29, 1.82) is 0 Å². The van der Waals surface area contributed by atoms with Crippen LogP contribution in [0.15, 0.2) is 79.1 Å². The highest BCUT2D eigenvalue weighted by atomic mass is 16.1. The molecule has 0 aliphatic rings. The molecule has 32 heavy (non-hydrogen) atoms. The molecular formula is C24H17N7O. The van der Waals surface area contributed by atoms with Crippen molar-refractivity contribution >= 4 is 56.1 Å². The van der Waals surface area contributed by atoms with Crippen molar-refractivity contribution in [2.75, 3.05) is 10.6 Å². The quantitative estimate of drug-likeness (QED) is 0.322. The van der Waals surface area contributed by atoms with E-state index in [1.165, 1.54) is 0 Å². The maximum atomic E-state index is 12.8. The number of rotatable bonds is 4. The molecule has 8 nitrogen and oxygen atoms in total. The van der Waals surface area contributed by atoms with Gasteiger partial charge < -0.3 is 15.6 Å². The Balaban J connectivity index is 1.24. The Morgan fingerprint density at radius 3 is 2.69 bits per heavy atom. The summed E-state index contributed by atoms with van der Waals surface area (Å²) in [6, 6.07) is 21.0. The maximum absolute atomic E-state index is 12.8. The van der Waals surface area contributed by atoms with E-state index in [9.17, 15) is 4.79 Å². The van der Waals surface area contributed by atoms with Crippen molar-refractivity contribution in [3.63, 3.8) is 0 Å². The van der Waals surface area contributed by atoms with Gasteiger partial charge in [0.05, 0.1) is 22.7 Å². The zero-order valence-corrected chi connectivity index (χ0v) is 16.8. The standard InChI is InChI=1S/C24H17N7O/c32-23(27-18-6-8-19-17(9-18)13-26-31-19)15-5-7-20-21(10-15)29-24(28-20)30-22-11-14-3-1-2-4-16(14)12-25-22/h1-13H,(H,26,31)(H,27,32)(H2,25,28,29,30). The van der Waals surface area contributed by atoms with Crippen LogP contribution in [0.5, 0.6) is 0 Å². The lowest BCUT2D eigenvalue weighted by atomic mass is 10.1. The molecule has 0 atom stereocenters. The molecule has 0 bridgehead atoms. The number of aromatic amines is 2. The molecule has 0 spiro atoms. The number of benzene rings is 3. The maximum Gasteiger partial charge on any atom is 0.255 e. The minimum absolute atomic E-state index is 0.199. The van der Waals surface area contributed by atoms with E-state index in [1.807, 2.05) is 60.8 Å². The number of anilines is 3. The Kier molecular flexibility index (Phi) is 4.07. The predicted octanol–water partition coefficient (Wildman–Crippen LogP) is 4.98. The summed E-state index contributed by atoms with van der Waals surface area (Å²) < 4.78 is 0. The van der Waals surface area contributed by atoms with Gasteiger partial charge in [-0.3, -0.25) is 9.89 Å². The first-order valence-corrected chi connectivity index (χ1v) is 10.1. The number of nitrogens with zero attached hydrogens (tertiary/aromatic N) is 3. The van der Waals surface area contributed by atoms with Crippen molar-refractivity contribution < 1.29 is 4.79 Å². The number of hydrogen-bond donors (Lipinski definition) is 4. The topological polar surface area (TPSA) is 111 Å². The van der Waals surface area contributed by atoms with E-state index in [4.69, 9.17) is 0 Å². The van der Waals surface area contributed by atoms with Gasteiger partial charge in [-0.05, 0) is 47.9 Å². The number of nitrogens with one attached hydrogen (secondary N) is 4. The van der Waals surface area contributed by atoms with Gasteiger partial charge >= 0.3 is 0 Å². The van der Waals surface area contributed by atoms with E-state index in [0.29, 0.717) is 23.0 Å². The van der Waals surface area contributed by atoms with E-state index in [2.05, 4.69) is 35.8 Å². The highest BCUT2D eigenvalue weighted by molar-refractivity contribution is 6.06. The summed E-state index contributed by atoms with van der Waals surface area (Å²) in [4.78, 5) is 25.0. The summed E-state index contributed by atoms with van der Waals surface area (Å²) in [5, 5.41) is 16.1. The van der Waals surface area contributed by atoms with Crippen molar-refractivity contribution in [2.24, 2.45) is 0 Å². The Hall–Kier alpha value is -4.72. The summed E-state index contributed by atoms with van der Waals surface area (Å²) in [6.45, 7) is 0. The van der Waals surface area contributed by atoms with Crippen LogP contribution in [0.4, 0.5) is 17.5 Å². The van der Waals surface area contributed by atoms with E-state index in [-0.39, 0.29) is 5.91 Å². The Bertz CT molecular complexity index is 1620. The molecular weight excluding hydrogens is 402 g/mol. The van der Waals surface area contributed by atoms with Crippen LogP contribution in [0.3, 0.4) is 0 Å². The summed E-state index contributed by atoms with van der Waals surface area (Å²) in [5.41, 5.74) is 3.67. The van der Waals surface area contributed by atoms with Gasteiger partial charge in [0.25, 0.3) is 5.91 Å². The number of carbonyl (C=O) groups is 1. The van der Waals surface area contributed by atoms with Crippen LogP contribution in [0, 0.1) is 0 Å². The van der Waals surface area contributed by atoms with Crippen LogP contribution in [-0.2, 0) is 0 Å². The average Bonchev–Trinajstić information content (AvgIpc) is 3.44. The number of aromatic nitrogens is 5. The summed E-state index contributed by atoms with van der Waals surface area (Å²) in [6.07, 6.45) is 3.55. The monoisotopic (exact) mass is 419 g/mol. The van der Waals surface area contributed by atoms with Gasteiger partial charge in [0, 0.05) is 28.2 Å². The molecule has 0 aliphatic carbocycles. The third-order valence-electron chi connectivity index (χ3n) is 5.32. The zero-order chi connectivity index (χ0) is 21.5. The number of amides is 1. The summed E-state index contributed by atoms with van der Waals surface area (Å²) in [7, 11) is 0. The molecule has 0 aliphatic heterocycles. The average molecular weight is 419 g/mol. The predicted molar refractivity (Wildman–Crippen MR) is 125 cm³/mol. The molecule has 3 aromatic heterocycles. The normalized spacial score (nSPS) is 11.2. The first-order chi connectivity index (χ1) is 15.7. The number of pyridine rings is 1. The van der Waals surface area contributed by atoms with Crippen LogP contribution < -0.4 is 10.6 Å². The molecule has 4 N–H and O–H groups in total. The Labute approximate surface area is 181 Å². The zero-order valence-electron chi connectivity index (χ0n) is 16.8.